The molecule has 5 aromatic rings. The summed E-state index contributed by atoms with van der Waals surface area (Å²) < 4.78 is 54.9. The largest absolute Gasteiger partial charge is 0.696 e. The van der Waals surface area contributed by atoms with Crippen molar-refractivity contribution >= 4 is 78.8 Å². The van der Waals surface area contributed by atoms with Crippen LogP contribution in [0.1, 0.15) is 111 Å². The highest BCUT2D eigenvalue weighted by molar-refractivity contribution is 7.32. The number of aliphatic hydroxyl groups excluding tert-OH is 6. The molecule has 38 nitrogen and oxygen atoms in total. The predicted octanol–water partition coefficient (Wildman–Crippen LogP) is -0.591. The molecule has 0 aliphatic carbocycles. The Hall–Kier alpha value is -9.26. The minimum Gasteiger partial charge on any atom is -0.507 e. The molecular weight excluding hydrogens is 1530 g/mol. The molecule has 7 aliphatic rings. The van der Waals surface area contributed by atoms with Gasteiger partial charge in [0.25, 0.3) is 0 Å². The normalized spacial score (nSPS) is 28.0. The van der Waals surface area contributed by atoms with Crippen molar-refractivity contribution in [2.24, 2.45) is 17.4 Å². The van der Waals surface area contributed by atoms with Crippen LogP contribution in [0.4, 0.5) is 0 Å². The highest BCUT2D eigenvalue weighted by Crippen LogP contribution is 2.51. The molecule has 2 saturated heterocycles. The van der Waals surface area contributed by atoms with Crippen molar-refractivity contribution in [3.05, 3.63) is 116 Å². The summed E-state index contributed by atoms with van der Waals surface area (Å²) in [6.45, 7) is 4.85. The third-order valence-corrected chi connectivity index (χ3v) is 20.2. The second-order valence-electron chi connectivity index (χ2n) is 27.5. The van der Waals surface area contributed by atoms with Crippen LogP contribution < -0.4 is 73.5 Å². The SMILES string of the molecule is CN[C@H](CC(C)C)C(=O)N[C@H]1C(=O)N[C@@H](CC(N)=O)C(=O)N[C@H]2C(=O)N[C@H]3C(=O)N[C@H](C(=O)N[C@@H](C(=O)O)c4cc(O)c(CNCO[P+](=O)O)c(O)c4-c4cc3ccc4O)[C@H](O)c3ccc(c(Cl)c3)Oc3cc2cc(c3O[C@@H]2O[C@H](CO)[C@@H](O)[C@H](O)C2O[C@H]2C[C@](C)(NCCN)[C@H](O)[C@H](C)O2)Oc2ccc(cc2Cl)[C@H]1O. The molecule has 7 heterocycles. The fourth-order valence-corrected chi connectivity index (χ4v) is 14.2. The number of aliphatic carboxylic acids is 1. The number of amides is 7. The van der Waals surface area contributed by atoms with Gasteiger partial charge in [-0.05, 0) is 110 Å². The van der Waals surface area contributed by atoms with E-state index in [0.717, 1.165) is 60.7 Å². The molecule has 111 heavy (non-hydrogen) atoms. The van der Waals surface area contributed by atoms with Gasteiger partial charge < -0.3 is 133 Å². The van der Waals surface area contributed by atoms with E-state index in [0.29, 0.717) is 0 Å². The van der Waals surface area contributed by atoms with Crippen LogP contribution in [0.3, 0.4) is 0 Å². The third-order valence-electron chi connectivity index (χ3n) is 19.3. The number of aliphatic hydroxyl groups is 6. The van der Waals surface area contributed by atoms with E-state index in [2.05, 4.69) is 52.4 Å². The average Bonchev–Trinajstić information content (AvgIpc) is 0.758. The van der Waals surface area contributed by atoms with E-state index >= 15 is 19.2 Å². The van der Waals surface area contributed by atoms with Gasteiger partial charge in [0, 0.05) is 52.8 Å². The Labute approximate surface area is 642 Å². The molecule has 2 fully saturated rings. The number of likely N-dealkylation sites (N-methyl/N-ethyl adjacent to an activating group) is 1. The Kier molecular flexibility index (Phi) is 27.0. The number of benzene rings is 5. The van der Waals surface area contributed by atoms with E-state index in [-0.39, 0.29) is 53.7 Å². The van der Waals surface area contributed by atoms with Gasteiger partial charge in [-0.15, -0.1) is 9.42 Å². The molecule has 0 radical (unpaired) electrons. The van der Waals surface area contributed by atoms with Gasteiger partial charge in [-0.3, -0.25) is 38.9 Å². The number of hydrogen-bond acceptors (Lipinski definition) is 29. The van der Waals surface area contributed by atoms with E-state index in [1.165, 1.54) is 26.1 Å². The topological polar surface area (TPSA) is 601 Å². The Balaban J connectivity index is 1.24. The summed E-state index contributed by atoms with van der Waals surface area (Å²) in [4.78, 5) is 128. The number of fused-ring (bicyclic) bond motifs is 15. The summed E-state index contributed by atoms with van der Waals surface area (Å²) in [5.41, 5.74) is 6.58. The van der Waals surface area contributed by atoms with Crippen molar-refractivity contribution in [3.8, 4) is 57.1 Å². The predicted molar refractivity (Wildman–Crippen MR) is 385 cm³/mol. The molecule has 0 aromatic heterocycles. The number of carboxylic acids is 1. The Bertz CT molecular complexity index is 4400. The maximum atomic E-state index is 16.2. The lowest BCUT2D eigenvalue weighted by atomic mass is 9.85. The molecule has 600 valence electrons. The zero-order chi connectivity index (χ0) is 80.9. The van der Waals surface area contributed by atoms with Crippen LogP contribution in [0.25, 0.3) is 11.1 Å². The average molecular weight is 1610 g/mol. The summed E-state index contributed by atoms with van der Waals surface area (Å²) in [6, 6.07) is -2.25. The van der Waals surface area contributed by atoms with E-state index in [4.69, 9.17) is 63.1 Å². The number of rotatable bonds is 21. The number of ether oxygens (including phenoxy) is 6. The molecular formula is C70H85Cl2N11O27P+. The van der Waals surface area contributed by atoms with Gasteiger partial charge in [-0.25, -0.2) is 4.79 Å². The van der Waals surface area contributed by atoms with Crippen molar-refractivity contribution in [1.29, 1.82) is 0 Å². The van der Waals surface area contributed by atoms with E-state index in [1.807, 2.05) is 13.8 Å². The number of aromatic hydroxyl groups is 3. The lowest BCUT2D eigenvalue weighted by Crippen LogP contribution is -2.65. The second kappa shape index (κ2) is 35.6. The van der Waals surface area contributed by atoms with Gasteiger partial charge in [0.15, 0.2) is 36.7 Å². The van der Waals surface area contributed by atoms with Crippen LogP contribution >= 0.6 is 31.5 Å². The quantitative estimate of drug-likeness (QED) is 0.0248. The first-order valence-corrected chi connectivity index (χ1v) is 36.6. The first-order chi connectivity index (χ1) is 52.5. The zero-order valence-corrected chi connectivity index (χ0v) is 62.2. The molecule has 7 aliphatic heterocycles. The summed E-state index contributed by atoms with van der Waals surface area (Å²) in [5, 5.41) is 139. The van der Waals surface area contributed by atoms with Gasteiger partial charge in [-0.2, -0.15) is 0 Å². The summed E-state index contributed by atoms with van der Waals surface area (Å²) >= 11 is 14.2. The van der Waals surface area contributed by atoms with Crippen LogP contribution in [0.5, 0.6) is 46.0 Å². The third kappa shape index (κ3) is 18.8. The van der Waals surface area contributed by atoms with Crippen molar-refractivity contribution in [2.45, 2.75) is 163 Å². The number of carbonyl (C=O) groups excluding carboxylic acids is 7. The van der Waals surface area contributed by atoms with Gasteiger partial charge in [0.05, 0.1) is 46.9 Å². The summed E-state index contributed by atoms with van der Waals surface area (Å²) in [6.07, 6.45) is -18.7. The van der Waals surface area contributed by atoms with Crippen molar-refractivity contribution < 1.29 is 132 Å². The number of phenolic OH excluding ortho intramolecular Hbond substituents is 3. The smallest absolute Gasteiger partial charge is 0.507 e. The standard InChI is InChI=1S/C70H84Cl2N11O27P/c1-26(2)14-37(75-5)62(94)82-52-54(88)29-7-10-41(35(71)16-29)106-43-18-31-19-44(59(43)110-69-60(58(92)57(91)45(24-84)108-69)109-47-22-70(4,77-13-12-73)61(93)27(3)105-47)107-42-11-8-30(17-36(42)72)55(89)53-67(99)81-51(68(100)101)33-20-40(86)34(23-76-25-104-111(102)103)56(90)48(33)32-15-28(6-9-39(32)85)49(64(96)83-53)80-65(97)50(31)79-63(95)38(21-46(74)87)78-66(52)98/h6-11,15-20,26-27,37-38,45,47,49-55,57-58,60-61,69,75-77,84,88-89,91-93H,12-14,21-25,73H2,1-5H3,(H12-,74,78,79,80,81,82,83,85,86,87,90,94,95,96,97,98,99,100,101,102,103)/p+1/t27-,37+,38-,45+,47-,49+,50+,51+,52+,53-,54+,55+,57+,58-,60?,61+,69-,70-/m0/s1. The van der Waals surface area contributed by atoms with Crippen LogP contribution in [0, 0.1) is 5.92 Å². The van der Waals surface area contributed by atoms with Gasteiger partial charge in [0.1, 0.15) is 89.5 Å². The number of primary amides is 1. The van der Waals surface area contributed by atoms with Crippen LogP contribution in [-0.2, 0) is 68.2 Å². The van der Waals surface area contributed by atoms with Gasteiger partial charge in [-0.1, -0.05) is 55.2 Å². The van der Waals surface area contributed by atoms with Crippen molar-refractivity contribution in [2.75, 3.05) is 33.5 Å². The lowest BCUT2D eigenvalue weighted by Gasteiger charge is -2.48. The lowest BCUT2D eigenvalue weighted by molar-refractivity contribution is -0.334. The van der Waals surface area contributed by atoms with Crippen LogP contribution in [-0.4, -0.2) is 216 Å². The number of nitrogens with one attached hydrogen (secondary N) is 9. The minimum atomic E-state index is -3.18. The Morgan fingerprint density at radius 1 is 0.757 bits per heavy atom. The van der Waals surface area contributed by atoms with Gasteiger partial charge >= 0.3 is 14.2 Å². The summed E-state index contributed by atoms with van der Waals surface area (Å²) in [7, 11) is -1.72. The molecule has 11 bridgehead atoms. The molecule has 19 atom stereocenters. The van der Waals surface area contributed by atoms with Crippen LogP contribution in [0.15, 0.2) is 72.8 Å². The monoisotopic (exact) mass is 1610 g/mol. The molecule has 41 heteroatoms. The second-order valence-corrected chi connectivity index (χ2v) is 29.1. The molecule has 0 spiro atoms. The van der Waals surface area contributed by atoms with E-state index in [1.54, 1.807) is 6.92 Å². The molecule has 24 N–H and O–H groups in total. The first-order valence-electron chi connectivity index (χ1n) is 34.7. The van der Waals surface area contributed by atoms with E-state index < -0.39 is 270 Å². The fraction of sp³-hybridized carbons (Fsp3) is 0.457. The number of hydrogen-bond donors (Lipinski definition) is 22. The number of carbonyl (C=O) groups is 8. The van der Waals surface area contributed by atoms with Gasteiger partial charge in [0.2, 0.25) is 53.4 Å². The molecule has 5 aromatic carbocycles. The fourth-order valence-electron chi connectivity index (χ4n) is 13.5. The minimum absolute atomic E-state index is 0.119. The van der Waals surface area contributed by atoms with Crippen LogP contribution in [0.2, 0.25) is 10.0 Å². The molecule has 2 unspecified atom stereocenters. The zero-order valence-electron chi connectivity index (χ0n) is 59.8. The maximum Gasteiger partial charge on any atom is 0.696 e. The number of nitrogens with two attached hydrogens (primary N) is 2. The number of halogens is 2. The van der Waals surface area contributed by atoms with Crippen molar-refractivity contribution in [3.63, 3.8) is 0 Å². The number of phenols is 3. The first kappa shape index (κ1) is 84.2. The number of carboxylic acid groups (broad SMARTS) is 1. The maximum absolute atomic E-state index is 16.2. The van der Waals surface area contributed by atoms with E-state index in [9.17, 15) is 79.7 Å². The molecule has 12 rings (SSSR count). The molecule has 7 amide bonds. The van der Waals surface area contributed by atoms with Crippen molar-refractivity contribution in [1.82, 2.24) is 47.9 Å². The highest BCUT2D eigenvalue weighted by atomic mass is 35.5. The Morgan fingerprint density at radius 2 is 1.38 bits per heavy atom. The highest BCUT2D eigenvalue weighted by Gasteiger charge is 2.52. The molecule has 0 saturated carbocycles. The summed E-state index contributed by atoms with van der Waals surface area (Å²) in [5.74, 6) is -16.9. The Morgan fingerprint density at radius 3 is 1.97 bits per heavy atom.